The fraction of sp³-hybridized carbons (Fsp3) is 0.600. The van der Waals surface area contributed by atoms with E-state index in [1.807, 2.05) is 25.9 Å². The lowest BCUT2D eigenvalue weighted by molar-refractivity contribution is -0.131. The van der Waals surface area contributed by atoms with Gasteiger partial charge in [0.15, 0.2) is 0 Å². The average Bonchev–Trinajstić information content (AvgIpc) is 2.11. The first-order valence-electron chi connectivity index (χ1n) is 4.78. The third-order valence-corrected chi connectivity index (χ3v) is 1.78. The van der Waals surface area contributed by atoms with Crippen molar-refractivity contribution in [1.29, 1.82) is 0 Å². The monoisotopic (exact) mass is 214 g/mol. The molecule has 0 aromatic carbocycles. The number of carboxylic acids is 1. The Balaban J connectivity index is 3.81. The first-order chi connectivity index (χ1) is 6.91. The van der Waals surface area contributed by atoms with Gasteiger partial charge >= 0.3 is 5.97 Å². The van der Waals surface area contributed by atoms with Crippen LogP contribution < -0.4 is 5.32 Å². The number of nitrogens with zero attached hydrogens (tertiary/aromatic N) is 1. The maximum absolute atomic E-state index is 11.1. The third-order valence-electron chi connectivity index (χ3n) is 1.78. The molecule has 0 aromatic heterocycles. The summed E-state index contributed by atoms with van der Waals surface area (Å²) in [7, 11) is 3.91. The molecule has 0 heterocycles. The molecule has 2 N–H and O–H groups in total. The van der Waals surface area contributed by atoms with Crippen molar-refractivity contribution < 1.29 is 14.7 Å². The normalized spacial score (nSPS) is 13.1. The number of nitrogens with one attached hydrogen (secondary N) is 1. The topological polar surface area (TPSA) is 69.6 Å². The second-order valence-electron chi connectivity index (χ2n) is 3.67. The molecular weight excluding hydrogens is 196 g/mol. The highest BCUT2D eigenvalue weighted by Gasteiger charge is 2.05. The van der Waals surface area contributed by atoms with Crippen molar-refractivity contribution in [3.05, 3.63) is 12.2 Å². The number of rotatable bonds is 6. The van der Waals surface area contributed by atoms with Crippen molar-refractivity contribution in [2.45, 2.75) is 19.4 Å². The maximum atomic E-state index is 11.1. The molecule has 0 aliphatic heterocycles. The standard InChI is InChI=1S/C10H18N2O3/c1-8(6-7-12(2)3)11-9(13)4-5-10(14)15/h4-5,8H,6-7H2,1-3H3,(H,11,13)(H,14,15). The van der Waals surface area contributed by atoms with Gasteiger partial charge in [-0.3, -0.25) is 4.79 Å². The van der Waals surface area contributed by atoms with E-state index >= 15 is 0 Å². The Morgan fingerprint density at radius 3 is 2.47 bits per heavy atom. The van der Waals surface area contributed by atoms with Crippen LogP contribution >= 0.6 is 0 Å². The fourth-order valence-corrected chi connectivity index (χ4v) is 0.962. The van der Waals surface area contributed by atoms with Gasteiger partial charge in [0, 0.05) is 18.2 Å². The Labute approximate surface area is 89.8 Å². The molecule has 0 bridgehead atoms. The molecule has 0 aliphatic rings. The predicted molar refractivity (Wildman–Crippen MR) is 57.6 cm³/mol. The second kappa shape index (κ2) is 7.00. The zero-order valence-electron chi connectivity index (χ0n) is 9.36. The zero-order chi connectivity index (χ0) is 11.8. The van der Waals surface area contributed by atoms with Crippen LogP contribution in [-0.4, -0.2) is 48.6 Å². The molecular formula is C10H18N2O3. The quantitative estimate of drug-likeness (QED) is 0.614. The Hall–Kier alpha value is -1.36. The number of carbonyl (C=O) groups excluding carboxylic acids is 1. The Morgan fingerprint density at radius 1 is 1.40 bits per heavy atom. The molecule has 0 spiro atoms. The van der Waals surface area contributed by atoms with Crippen LogP contribution in [0.2, 0.25) is 0 Å². The van der Waals surface area contributed by atoms with Crippen LogP contribution in [0.4, 0.5) is 0 Å². The summed E-state index contributed by atoms with van der Waals surface area (Å²) in [4.78, 5) is 23.3. The van der Waals surface area contributed by atoms with Crippen LogP contribution in [0.5, 0.6) is 0 Å². The van der Waals surface area contributed by atoms with Crippen molar-refractivity contribution >= 4 is 11.9 Å². The molecule has 0 saturated heterocycles. The molecule has 1 atom stereocenters. The van der Waals surface area contributed by atoms with E-state index in [1.165, 1.54) is 0 Å². The van der Waals surface area contributed by atoms with E-state index in [0.29, 0.717) is 0 Å². The highest BCUT2D eigenvalue weighted by atomic mass is 16.4. The van der Waals surface area contributed by atoms with E-state index in [2.05, 4.69) is 5.32 Å². The molecule has 1 amide bonds. The van der Waals surface area contributed by atoms with Gasteiger partial charge < -0.3 is 15.3 Å². The summed E-state index contributed by atoms with van der Waals surface area (Å²) in [5.41, 5.74) is 0. The number of hydrogen-bond acceptors (Lipinski definition) is 3. The van der Waals surface area contributed by atoms with Crippen LogP contribution in [0.1, 0.15) is 13.3 Å². The Morgan fingerprint density at radius 2 is 2.00 bits per heavy atom. The SMILES string of the molecule is CC(CCN(C)C)NC(=O)C=CC(=O)O. The molecule has 0 saturated carbocycles. The number of aliphatic carboxylic acids is 1. The van der Waals surface area contributed by atoms with Crippen LogP contribution in [0.3, 0.4) is 0 Å². The molecule has 1 unspecified atom stereocenters. The predicted octanol–water partition coefficient (Wildman–Crippen LogP) is 0.0836. The number of carboxylic acid groups (broad SMARTS) is 1. The minimum Gasteiger partial charge on any atom is -0.478 e. The smallest absolute Gasteiger partial charge is 0.328 e. The summed E-state index contributed by atoms with van der Waals surface area (Å²) in [6.07, 6.45) is 2.68. The van der Waals surface area contributed by atoms with Crippen molar-refractivity contribution in [2.75, 3.05) is 20.6 Å². The molecule has 0 aromatic rings. The molecule has 5 heteroatoms. The second-order valence-corrected chi connectivity index (χ2v) is 3.67. The van der Waals surface area contributed by atoms with Gasteiger partial charge in [0.1, 0.15) is 0 Å². The summed E-state index contributed by atoms with van der Waals surface area (Å²) in [6.45, 7) is 2.76. The fourth-order valence-electron chi connectivity index (χ4n) is 0.962. The minimum absolute atomic E-state index is 0.0401. The van der Waals surface area contributed by atoms with Gasteiger partial charge in [0.05, 0.1) is 0 Å². The van der Waals surface area contributed by atoms with E-state index in [0.717, 1.165) is 25.1 Å². The summed E-state index contributed by atoms with van der Waals surface area (Å²) < 4.78 is 0. The summed E-state index contributed by atoms with van der Waals surface area (Å²) in [5.74, 6) is -1.49. The van der Waals surface area contributed by atoms with Gasteiger partial charge in [-0.1, -0.05) is 0 Å². The van der Waals surface area contributed by atoms with Gasteiger partial charge in [-0.25, -0.2) is 4.79 Å². The molecule has 0 fully saturated rings. The van der Waals surface area contributed by atoms with Crippen LogP contribution in [0, 0.1) is 0 Å². The van der Waals surface area contributed by atoms with E-state index < -0.39 is 5.97 Å². The van der Waals surface area contributed by atoms with Crippen molar-refractivity contribution in [1.82, 2.24) is 10.2 Å². The molecule has 5 nitrogen and oxygen atoms in total. The highest BCUT2D eigenvalue weighted by molar-refractivity contribution is 5.93. The lowest BCUT2D eigenvalue weighted by atomic mass is 10.2. The number of amides is 1. The maximum Gasteiger partial charge on any atom is 0.328 e. The first-order valence-corrected chi connectivity index (χ1v) is 4.78. The van der Waals surface area contributed by atoms with Gasteiger partial charge in [-0.2, -0.15) is 0 Å². The van der Waals surface area contributed by atoms with Gasteiger partial charge in [0.25, 0.3) is 0 Å². The molecule has 86 valence electrons. The first kappa shape index (κ1) is 13.6. The van der Waals surface area contributed by atoms with Gasteiger partial charge in [0.2, 0.25) is 5.91 Å². The Kier molecular flexibility index (Phi) is 6.37. The van der Waals surface area contributed by atoms with E-state index in [9.17, 15) is 9.59 Å². The van der Waals surface area contributed by atoms with E-state index in [4.69, 9.17) is 5.11 Å². The third kappa shape index (κ3) is 8.96. The Bertz CT molecular complexity index is 249. The van der Waals surface area contributed by atoms with E-state index in [1.54, 1.807) is 0 Å². The summed E-state index contributed by atoms with van der Waals surface area (Å²) >= 11 is 0. The molecule has 15 heavy (non-hydrogen) atoms. The average molecular weight is 214 g/mol. The van der Waals surface area contributed by atoms with E-state index in [-0.39, 0.29) is 11.9 Å². The molecule has 0 radical (unpaired) electrons. The minimum atomic E-state index is -1.12. The zero-order valence-corrected chi connectivity index (χ0v) is 9.36. The molecule has 0 aliphatic carbocycles. The van der Waals surface area contributed by atoms with Crippen LogP contribution in [0.15, 0.2) is 12.2 Å². The van der Waals surface area contributed by atoms with Gasteiger partial charge in [-0.05, 0) is 34.0 Å². The molecule has 0 rings (SSSR count). The summed E-state index contributed by atoms with van der Waals surface area (Å²) in [6, 6.07) is 0.0401. The number of carbonyl (C=O) groups is 2. The van der Waals surface area contributed by atoms with Crippen LogP contribution in [0.25, 0.3) is 0 Å². The number of hydrogen-bond donors (Lipinski definition) is 2. The highest BCUT2D eigenvalue weighted by Crippen LogP contribution is 1.92. The van der Waals surface area contributed by atoms with Gasteiger partial charge in [-0.15, -0.1) is 0 Å². The van der Waals surface area contributed by atoms with Crippen molar-refractivity contribution in [2.24, 2.45) is 0 Å². The van der Waals surface area contributed by atoms with Crippen LogP contribution in [-0.2, 0) is 9.59 Å². The summed E-state index contributed by atoms with van der Waals surface area (Å²) in [5, 5.41) is 11.0. The largest absolute Gasteiger partial charge is 0.478 e. The lowest BCUT2D eigenvalue weighted by Gasteiger charge is -2.15. The van der Waals surface area contributed by atoms with Crippen molar-refractivity contribution in [3.8, 4) is 0 Å². The lowest BCUT2D eigenvalue weighted by Crippen LogP contribution is -2.33. The van der Waals surface area contributed by atoms with Crippen molar-refractivity contribution in [3.63, 3.8) is 0 Å².